The lowest BCUT2D eigenvalue weighted by molar-refractivity contribution is 0.411. The molecule has 0 unspecified atom stereocenters. The van der Waals surface area contributed by atoms with E-state index in [1.54, 1.807) is 7.11 Å². The van der Waals surface area contributed by atoms with Crippen molar-refractivity contribution in [3.8, 4) is 5.19 Å². The molecule has 0 aliphatic heterocycles. The van der Waals surface area contributed by atoms with Crippen LogP contribution in [0.25, 0.3) is 0 Å². The minimum absolute atomic E-state index is 0.708. The second kappa shape index (κ2) is 2.66. The number of nitrogens with zero attached hydrogens (tertiary/aromatic N) is 1. The van der Waals surface area contributed by atoms with Gasteiger partial charge in [0.25, 0.3) is 5.19 Å². The predicted molar refractivity (Wildman–Crippen MR) is 41.1 cm³/mol. The fourth-order valence-corrected chi connectivity index (χ4v) is 1.56. The highest BCUT2D eigenvalue weighted by Crippen LogP contribution is 2.28. The van der Waals surface area contributed by atoms with Gasteiger partial charge >= 0.3 is 0 Å². The number of methoxy groups -OCH3 is 1. The van der Waals surface area contributed by atoms with Gasteiger partial charge in [0.2, 0.25) is 0 Å². The van der Waals surface area contributed by atoms with Crippen LogP contribution in [0, 0.1) is 6.92 Å². The van der Waals surface area contributed by atoms with Crippen LogP contribution in [0.2, 0.25) is 0 Å². The van der Waals surface area contributed by atoms with Gasteiger partial charge in [0.15, 0.2) is 0 Å². The van der Waals surface area contributed by atoms with Gasteiger partial charge in [-0.3, -0.25) is 0 Å². The number of aromatic nitrogens is 1. The molecule has 1 heterocycles. The largest absolute Gasteiger partial charge is 0.473 e. The summed E-state index contributed by atoms with van der Waals surface area (Å²) in [6.45, 7) is 1.93. The first kappa shape index (κ1) is 7.02. The Morgan fingerprint density at radius 2 is 2.33 bits per heavy atom. The topological polar surface area (TPSA) is 22.1 Å². The van der Waals surface area contributed by atoms with Crippen LogP contribution in [0.4, 0.5) is 0 Å². The van der Waals surface area contributed by atoms with E-state index in [-0.39, 0.29) is 0 Å². The Bertz CT molecular complexity index is 191. The van der Waals surface area contributed by atoms with E-state index in [1.807, 2.05) is 6.92 Å². The molecule has 0 N–H and O–H groups in total. The Hall–Kier alpha value is -0.0900. The Morgan fingerprint density at radius 1 is 1.67 bits per heavy atom. The number of halogens is 1. The number of rotatable bonds is 1. The van der Waals surface area contributed by atoms with Crippen molar-refractivity contribution in [2.24, 2.45) is 0 Å². The zero-order chi connectivity index (χ0) is 6.85. The van der Waals surface area contributed by atoms with Crippen molar-refractivity contribution in [1.82, 2.24) is 4.98 Å². The second-order valence-electron chi connectivity index (χ2n) is 1.54. The Labute approximate surface area is 66.0 Å². The van der Waals surface area contributed by atoms with Crippen LogP contribution in [0.15, 0.2) is 3.79 Å². The number of ether oxygens (including phenoxy) is 1. The van der Waals surface area contributed by atoms with Crippen LogP contribution in [0.1, 0.15) is 5.69 Å². The lowest BCUT2D eigenvalue weighted by Crippen LogP contribution is -1.79. The number of hydrogen-bond donors (Lipinski definition) is 0. The second-order valence-corrected chi connectivity index (χ2v) is 3.82. The quantitative estimate of drug-likeness (QED) is 0.705. The Balaban J connectivity index is 2.98. The number of hydrogen-bond acceptors (Lipinski definition) is 3. The van der Waals surface area contributed by atoms with E-state index < -0.39 is 0 Å². The highest BCUT2D eigenvalue weighted by molar-refractivity contribution is 9.11. The summed E-state index contributed by atoms with van der Waals surface area (Å²) in [5.41, 5.74) is 0.983. The van der Waals surface area contributed by atoms with E-state index in [0.29, 0.717) is 5.19 Å². The SMILES string of the molecule is COc1nc(C)c(Br)s1. The predicted octanol–water partition coefficient (Wildman–Crippen LogP) is 2.22. The molecule has 0 bridgehead atoms. The minimum atomic E-state index is 0.708. The molecule has 0 radical (unpaired) electrons. The van der Waals surface area contributed by atoms with E-state index in [0.717, 1.165) is 9.48 Å². The van der Waals surface area contributed by atoms with Crippen molar-refractivity contribution in [1.29, 1.82) is 0 Å². The van der Waals surface area contributed by atoms with Gasteiger partial charge in [-0.05, 0) is 22.9 Å². The van der Waals surface area contributed by atoms with Crippen LogP contribution >= 0.6 is 27.3 Å². The molecular weight excluding hydrogens is 202 g/mol. The Morgan fingerprint density at radius 3 is 2.56 bits per heavy atom. The zero-order valence-electron chi connectivity index (χ0n) is 5.14. The molecule has 0 aliphatic rings. The molecule has 4 heteroatoms. The summed E-state index contributed by atoms with van der Waals surface area (Å²) in [4.78, 5) is 4.08. The van der Waals surface area contributed by atoms with Gasteiger partial charge in [0.05, 0.1) is 16.6 Å². The molecule has 0 saturated heterocycles. The van der Waals surface area contributed by atoms with Crippen molar-refractivity contribution in [2.45, 2.75) is 6.92 Å². The van der Waals surface area contributed by atoms with Crippen LogP contribution in [0.3, 0.4) is 0 Å². The zero-order valence-corrected chi connectivity index (χ0v) is 7.54. The molecule has 1 aromatic heterocycles. The molecule has 2 nitrogen and oxygen atoms in total. The van der Waals surface area contributed by atoms with Crippen molar-refractivity contribution in [3.05, 3.63) is 9.48 Å². The first-order valence-electron chi connectivity index (χ1n) is 2.41. The van der Waals surface area contributed by atoms with Gasteiger partial charge in [0, 0.05) is 0 Å². The maximum Gasteiger partial charge on any atom is 0.274 e. The average Bonchev–Trinajstić information content (AvgIpc) is 2.13. The molecule has 0 amide bonds. The highest BCUT2D eigenvalue weighted by Gasteiger charge is 2.02. The standard InChI is InChI=1S/C5H6BrNOS/c1-3-4(6)9-5(7-3)8-2/h1-2H3. The van der Waals surface area contributed by atoms with Gasteiger partial charge in [-0.15, -0.1) is 0 Å². The monoisotopic (exact) mass is 207 g/mol. The lowest BCUT2D eigenvalue weighted by Gasteiger charge is -1.85. The van der Waals surface area contributed by atoms with Crippen molar-refractivity contribution in [3.63, 3.8) is 0 Å². The highest BCUT2D eigenvalue weighted by atomic mass is 79.9. The van der Waals surface area contributed by atoms with Gasteiger partial charge in [-0.2, -0.15) is 0 Å². The molecule has 9 heavy (non-hydrogen) atoms. The molecule has 1 rings (SSSR count). The van der Waals surface area contributed by atoms with E-state index >= 15 is 0 Å². The number of thiazole rings is 1. The summed E-state index contributed by atoms with van der Waals surface area (Å²) < 4.78 is 5.93. The van der Waals surface area contributed by atoms with E-state index in [4.69, 9.17) is 4.74 Å². The van der Waals surface area contributed by atoms with Crippen LogP contribution in [-0.2, 0) is 0 Å². The summed E-state index contributed by atoms with van der Waals surface area (Å²) in [6.07, 6.45) is 0. The molecule has 1 aromatic rings. The summed E-state index contributed by atoms with van der Waals surface area (Å²) in [6, 6.07) is 0. The third-order valence-corrected chi connectivity index (χ3v) is 2.86. The van der Waals surface area contributed by atoms with Gasteiger partial charge in [-0.1, -0.05) is 11.3 Å². The van der Waals surface area contributed by atoms with Crippen LogP contribution in [-0.4, -0.2) is 12.1 Å². The molecule has 0 spiro atoms. The third kappa shape index (κ3) is 1.43. The summed E-state index contributed by atoms with van der Waals surface area (Å²) in [5.74, 6) is 0. The minimum Gasteiger partial charge on any atom is -0.473 e. The van der Waals surface area contributed by atoms with Gasteiger partial charge in [-0.25, -0.2) is 4.98 Å². The maximum atomic E-state index is 4.89. The Kier molecular flexibility index (Phi) is 2.08. The molecule has 0 saturated carbocycles. The third-order valence-electron chi connectivity index (χ3n) is 0.895. The van der Waals surface area contributed by atoms with Crippen molar-refractivity contribution >= 4 is 27.3 Å². The molecule has 0 aromatic carbocycles. The maximum absolute atomic E-state index is 4.89. The summed E-state index contributed by atoms with van der Waals surface area (Å²) >= 11 is 4.83. The van der Waals surface area contributed by atoms with E-state index in [1.165, 1.54) is 11.3 Å². The molecule has 0 atom stereocenters. The molecular formula is C5H6BrNOS. The molecule has 0 fully saturated rings. The first-order chi connectivity index (χ1) is 4.24. The fraction of sp³-hybridized carbons (Fsp3) is 0.400. The fourth-order valence-electron chi connectivity index (χ4n) is 0.442. The molecule has 0 aliphatic carbocycles. The van der Waals surface area contributed by atoms with E-state index in [9.17, 15) is 0 Å². The van der Waals surface area contributed by atoms with Crippen molar-refractivity contribution in [2.75, 3.05) is 7.11 Å². The smallest absolute Gasteiger partial charge is 0.274 e. The first-order valence-corrected chi connectivity index (χ1v) is 4.02. The number of aryl methyl sites for hydroxylation is 1. The summed E-state index contributed by atoms with van der Waals surface area (Å²) in [5, 5.41) is 0.708. The normalized spacial score (nSPS) is 9.67. The lowest BCUT2D eigenvalue weighted by atomic mass is 10.6. The van der Waals surface area contributed by atoms with Crippen LogP contribution in [0.5, 0.6) is 5.19 Å². The average molecular weight is 208 g/mol. The molecule has 50 valence electrons. The van der Waals surface area contributed by atoms with Gasteiger partial charge in [0.1, 0.15) is 0 Å². The van der Waals surface area contributed by atoms with E-state index in [2.05, 4.69) is 20.9 Å². The van der Waals surface area contributed by atoms with Crippen molar-refractivity contribution < 1.29 is 4.74 Å². The summed E-state index contributed by atoms with van der Waals surface area (Å²) in [7, 11) is 1.62. The van der Waals surface area contributed by atoms with Gasteiger partial charge < -0.3 is 4.74 Å². The van der Waals surface area contributed by atoms with Crippen LogP contribution < -0.4 is 4.74 Å².